The fraction of sp³-hybridized carbons (Fsp3) is 0.600. The minimum Gasteiger partial charge on any atom is -0.385 e. The first-order chi connectivity index (χ1) is 11.5. The second-order valence-corrected chi connectivity index (χ2v) is 6.94. The average molecular weight is 350 g/mol. The molecule has 2 aromatic heterocycles. The fourth-order valence-corrected chi connectivity index (χ4v) is 3.53. The minimum absolute atomic E-state index is 0.0234. The molecular formula is C15H22N6O2S. The molecule has 1 atom stereocenters. The zero-order valence-corrected chi connectivity index (χ0v) is 15.0. The van der Waals surface area contributed by atoms with Crippen molar-refractivity contribution in [3.63, 3.8) is 0 Å². The molecule has 24 heavy (non-hydrogen) atoms. The summed E-state index contributed by atoms with van der Waals surface area (Å²) in [5, 5.41) is 18.7. The van der Waals surface area contributed by atoms with E-state index in [-0.39, 0.29) is 5.91 Å². The standard InChI is InChI=1S/C15H22N6O2S/c1-4-11-14(24-18-16-11)15(23)20-5-6-21-10(8-20)7-12(17-21)13(22)9-19(2)3/h7,13,22H,4-6,8-9H2,1-3H3/t13-/m0/s1. The molecule has 9 heteroatoms. The summed E-state index contributed by atoms with van der Waals surface area (Å²) in [4.78, 5) is 17.0. The van der Waals surface area contributed by atoms with E-state index in [0.29, 0.717) is 43.2 Å². The van der Waals surface area contributed by atoms with Crippen LogP contribution in [0.3, 0.4) is 0 Å². The molecule has 2 aromatic rings. The van der Waals surface area contributed by atoms with Crippen LogP contribution in [0, 0.1) is 0 Å². The van der Waals surface area contributed by atoms with Gasteiger partial charge in [0.2, 0.25) is 0 Å². The third kappa shape index (κ3) is 3.33. The first-order valence-electron chi connectivity index (χ1n) is 7.99. The highest BCUT2D eigenvalue weighted by molar-refractivity contribution is 7.08. The quantitative estimate of drug-likeness (QED) is 0.847. The van der Waals surface area contributed by atoms with Crippen molar-refractivity contribution in [1.82, 2.24) is 29.2 Å². The Hall–Kier alpha value is -1.84. The van der Waals surface area contributed by atoms with E-state index in [2.05, 4.69) is 14.7 Å². The number of carbonyl (C=O) groups is 1. The summed E-state index contributed by atoms with van der Waals surface area (Å²) in [5.41, 5.74) is 2.35. The van der Waals surface area contributed by atoms with E-state index in [1.807, 2.05) is 36.7 Å². The van der Waals surface area contributed by atoms with Gasteiger partial charge in [0.25, 0.3) is 5.91 Å². The first kappa shape index (κ1) is 17.0. The number of hydrogen-bond acceptors (Lipinski definition) is 7. The molecule has 1 aliphatic rings. The average Bonchev–Trinajstić information content (AvgIpc) is 3.19. The van der Waals surface area contributed by atoms with Crippen LogP contribution in [0.4, 0.5) is 0 Å². The van der Waals surface area contributed by atoms with Gasteiger partial charge in [0, 0.05) is 13.1 Å². The van der Waals surface area contributed by atoms with Gasteiger partial charge in [-0.3, -0.25) is 9.48 Å². The number of likely N-dealkylation sites (N-methyl/N-ethyl adjacent to an activating group) is 1. The number of aryl methyl sites for hydroxylation is 1. The number of aliphatic hydroxyl groups excluding tert-OH is 1. The smallest absolute Gasteiger partial charge is 0.267 e. The van der Waals surface area contributed by atoms with Crippen LogP contribution in [0.15, 0.2) is 6.07 Å². The molecule has 3 rings (SSSR count). The summed E-state index contributed by atoms with van der Waals surface area (Å²) >= 11 is 1.15. The fourth-order valence-electron chi connectivity index (χ4n) is 2.81. The van der Waals surface area contributed by atoms with Crippen LogP contribution < -0.4 is 0 Å². The predicted molar refractivity (Wildman–Crippen MR) is 89.8 cm³/mol. The Bertz CT molecular complexity index is 725. The lowest BCUT2D eigenvalue weighted by Gasteiger charge is -2.27. The number of aliphatic hydroxyl groups is 1. The molecule has 0 saturated heterocycles. The van der Waals surface area contributed by atoms with Crippen LogP contribution in [0.25, 0.3) is 0 Å². The Balaban J connectivity index is 1.75. The highest BCUT2D eigenvalue weighted by atomic mass is 32.1. The van der Waals surface area contributed by atoms with E-state index in [1.165, 1.54) is 0 Å². The van der Waals surface area contributed by atoms with Gasteiger partial charge in [0.1, 0.15) is 11.0 Å². The van der Waals surface area contributed by atoms with Gasteiger partial charge in [-0.1, -0.05) is 11.4 Å². The third-order valence-electron chi connectivity index (χ3n) is 4.07. The summed E-state index contributed by atoms with van der Waals surface area (Å²) < 4.78 is 5.78. The molecule has 0 radical (unpaired) electrons. The maximum Gasteiger partial charge on any atom is 0.267 e. The highest BCUT2D eigenvalue weighted by Gasteiger charge is 2.27. The second kappa shape index (κ2) is 6.96. The molecular weight excluding hydrogens is 328 g/mol. The number of hydrogen-bond donors (Lipinski definition) is 1. The number of nitrogens with zero attached hydrogens (tertiary/aromatic N) is 6. The van der Waals surface area contributed by atoms with Crippen molar-refractivity contribution in [3.8, 4) is 0 Å². The maximum absolute atomic E-state index is 12.7. The zero-order chi connectivity index (χ0) is 17.3. The van der Waals surface area contributed by atoms with E-state index in [9.17, 15) is 9.90 Å². The van der Waals surface area contributed by atoms with E-state index < -0.39 is 6.10 Å². The van der Waals surface area contributed by atoms with Gasteiger partial charge < -0.3 is 14.9 Å². The molecule has 0 spiro atoms. The Kier molecular flexibility index (Phi) is 4.93. The molecule has 1 amide bonds. The maximum atomic E-state index is 12.7. The van der Waals surface area contributed by atoms with Gasteiger partial charge in [-0.25, -0.2) is 0 Å². The van der Waals surface area contributed by atoms with Crippen LogP contribution in [-0.4, -0.2) is 67.4 Å². The summed E-state index contributed by atoms with van der Waals surface area (Å²) in [6.45, 7) is 4.20. The highest BCUT2D eigenvalue weighted by Crippen LogP contribution is 2.22. The molecule has 0 bridgehead atoms. The molecule has 8 nitrogen and oxygen atoms in total. The normalized spacial score (nSPS) is 15.6. The van der Waals surface area contributed by atoms with Gasteiger partial charge in [0.15, 0.2) is 0 Å². The first-order valence-corrected chi connectivity index (χ1v) is 8.76. The molecule has 0 aromatic carbocycles. The molecule has 1 aliphatic heterocycles. The van der Waals surface area contributed by atoms with Gasteiger partial charge in [-0.15, -0.1) is 5.10 Å². The summed E-state index contributed by atoms with van der Waals surface area (Å²) in [7, 11) is 3.82. The lowest BCUT2D eigenvalue weighted by Crippen LogP contribution is -2.38. The van der Waals surface area contributed by atoms with Crippen LogP contribution in [-0.2, 0) is 19.5 Å². The Morgan fingerprint density at radius 2 is 2.25 bits per heavy atom. The van der Waals surface area contributed by atoms with Crippen molar-refractivity contribution in [1.29, 1.82) is 0 Å². The SMILES string of the molecule is CCc1nnsc1C(=O)N1CCn2nc([C@@H](O)CN(C)C)cc2C1. The van der Waals surface area contributed by atoms with Crippen LogP contribution in [0.2, 0.25) is 0 Å². The summed E-state index contributed by atoms with van der Waals surface area (Å²) in [6.07, 6.45) is 0.0733. The summed E-state index contributed by atoms with van der Waals surface area (Å²) in [5.74, 6) is -0.0234. The summed E-state index contributed by atoms with van der Waals surface area (Å²) in [6, 6.07) is 1.89. The number of aromatic nitrogens is 4. The van der Waals surface area contributed by atoms with E-state index in [4.69, 9.17) is 0 Å². The monoisotopic (exact) mass is 350 g/mol. The molecule has 0 fully saturated rings. The molecule has 0 saturated carbocycles. The largest absolute Gasteiger partial charge is 0.385 e. The lowest BCUT2D eigenvalue weighted by atomic mass is 10.2. The number of amides is 1. The van der Waals surface area contributed by atoms with Crippen molar-refractivity contribution < 1.29 is 9.90 Å². The van der Waals surface area contributed by atoms with Crippen molar-refractivity contribution in [2.75, 3.05) is 27.2 Å². The van der Waals surface area contributed by atoms with Crippen LogP contribution >= 0.6 is 11.5 Å². The number of carbonyl (C=O) groups excluding carboxylic acids is 1. The van der Waals surface area contributed by atoms with E-state index >= 15 is 0 Å². The van der Waals surface area contributed by atoms with Gasteiger partial charge in [-0.05, 0) is 38.1 Å². The molecule has 0 unspecified atom stereocenters. The Labute approximate surface area is 144 Å². The molecule has 1 N–H and O–H groups in total. The zero-order valence-electron chi connectivity index (χ0n) is 14.1. The number of rotatable bonds is 5. The lowest BCUT2D eigenvalue weighted by molar-refractivity contribution is 0.0709. The molecule has 3 heterocycles. The Morgan fingerprint density at radius 3 is 2.96 bits per heavy atom. The van der Waals surface area contributed by atoms with Crippen molar-refractivity contribution in [2.24, 2.45) is 0 Å². The van der Waals surface area contributed by atoms with Crippen molar-refractivity contribution >= 4 is 17.4 Å². The van der Waals surface area contributed by atoms with Crippen molar-refractivity contribution in [2.45, 2.75) is 32.5 Å². The third-order valence-corrected chi connectivity index (χ3v) is 4.82. The van der Waals surface area contributed by atoms with Gasteiger partial charge in [0.05, 0.1) is 30.2 Å². The van der Waals surface area contributed by atoms with Crippen LogP contribution in [0.5, 0.6) is 0 Å². The van der Waals surface area contributed by atoms with Gasteiger partial charge >= 0.3 is 0 Å². The Morgan fingerprint density at radius 1 is 1.46 bits per heavy atom. The molecule has 0 aliphatic carbocycles. The van der Waals surface area contributed by atoms with E-state index in [1.54, 1.807) is 4.90 Å². The minimum atomic E-state index is -0.625. The number of fused-ring (bicyclic) bond motifs is 1. The van der Waals surface area contributed by atoms with E-state index in [0.717, 1.165) is 22.9 Å². The second-order valence-electron chi connectivity index (χ2n) is 6.19. The molecule has 130 valence electrons. The van der Waals surface area contributed by atoms with Crippen molar-refractivity contribution in [3.05, 3.63) is 28.0 Å². The topological polar surface area (TPSA) is 87.4 Å². The van der Waals surface area contributed by atoms with Gasteiger partial charge in [-0.2, -0.15) is 5.10 Å². The predicted octanol–water partition coefficient (Wildman–Crippen LogP) is 0.548. The van der Waals surface area contributed by atoms with Crippen LogP contribution in [0.1, 0.15) is 39.8 Å².